The number of carbonyl (C=O) groups excluding carboxylic acids is 2. The minimum absolute atomic E-state index is 0.0192. The van der Waals surface area contributed by atoms with Crippen LogP contribution in [-0.2, 0) is 9.59 Å². The number of nitrogens with zero attached hydrogens (tertiary/aromatic N) is 2. The molecule has 21 heavy (non-hydrogen) atoms. The van der Waals surface area contributed by atoms with Gasteiger partial charge < -0.3 is 10.2 Å². The molecule has 3 rings (SSSR count). The normalized spacial score (nSPS) is 22.0. The molecule has 2 aliphatic rings. The van der Waals surface area contributed by atoms with Gasteiger partial charge in [-0.3, -0.25) is 14.6 Å². The van der Waals surface area contributed by atoms with Gasteiger partial charge in [-0.05, 0) is 31.9 Å². The molecule has 112 valence electrons. The van der Waals surface area contributed by atoms with Crippen molar-refractivity contribution in [1.82, 2.24) is 10.3 Å². The van der Waals surface area contributed by atoms with Crippen LogP contribution in [0.25, 0.3) is 0 Å². The molecule has 5 nitrogen and oxygen atoms in total. The highest BCUT2D eigenvalue weighted by molar-refractivity contribution is 6.04. The fourth-order valence-corrected chi connectivity index (χ4v) is 3.44. The first kappa shape index (κ1) is 14.0. The van der Waals surface area contributed by atoms with Crippen molar-refractivity contribution in [2.45, 2.75) is 51.0 Å². The molecule has 0 radical (unpaired) electrons. The SMILES string of the molecule is Cc1ncccc1N1CCC(=O)NC2(CCCCC2)C1=O. The largest absolute Gasteiger partial charge is 0.342 e. The molecule has 2 heterocycles. The lowest BCUT2D eigenvalue weighted by Gasteiger charge is -2.38. The summed E-state index contributed by atoms with van der Waals surface area (Å²) in [6, 6.07) is 3.75. The molecular weight excluding hydrogens is 266 g/mol. The van der Waals surface area contributed by atoms with Gasteiger partial charge in [-0.15, -0.1) is 0 Å². The molecule has 1 aliphatic carbocycles. The van der Waals surface area contributed by atoms with E-state index in [4.69, 9.17) is 0 Å². The van der Waals surface area contributed by atoms with Gasteiger partial charge in [0.05, 0.1) is 11.4 Å². The third-order valence-electron chi connectivity index (χ3n) is 4.57. The van der Waals surface area contributed by atoms with E-state index in [1.54, 1.807) is 11.1 Å². The number of anilines is 1. The minimum atomic E-state index is -0.700. The number of hydrogen-bond donors (Lipinski definition) is 1. The maximum absolute atomic E-state index is 13.1. The quantitative estimate of drug-likeness (QED) is 0.858. The van der Waals surface area contributed by atoms with Crippen LogP contribution >= 0.6 is 0 Å². The Labute approximate surface area is 124 Å². The second-order valence-corrected chi connectivity index (χ2v) is 6.01. The highest BCUT2D eigenvalue weighted by Gasteiger charge is 2.45. The van der Waals surface area contributed by atoms with Crippen molar-refractivity contribution in [2.75, 3.05) is 11.4 Å². The molecule has 0 bridgehead atoms. The van der Waals surface area contributed by atoms with E-state index >= 15 is 0 Å². The third-order valence-corrected chi connectivity index (χ3v) is 4.57. The number of hydrogen-bond acceptors (Lipinski definition) is 3. The number of carbonyl (C=O) groups is 2. The topological polar surface area (TPSA) is 62.3 Å². The van der Waals surface area contributed by atoms with E-state index in [-0.39, 0.29) is 11.8 Å². The van der Waals surface area contributed by atoms with Crippen molar-refractivity contribution >= 4 is 17.5 Å². The molecule has 1 saturated carbocycles. The van der Waals surface area contributed by atoms with Crippen molar-refractivity contribution in [1.29, 1.82) is 0 Å². The van der Waals surface area contributed by atoms with Gasteiger partial charge in [0.2, 0.25) is 5.91 Å². The average Bonchev–Trinajstić information content (AvgIpc) is 2.60. The van der Waals surface area contributed by atoms with E-state index in [1.807, 2.05) is 19.1 Å². The molecule has 0 atom stereocenters. The van der Waals surface area contributed by atoms with Crippen molar-refractivity contribution in [2.24, 2.45) is 0 Å². The Morgan fingerprint density at radius 1 is 1.24 bits per heavy atom. The Hall–Kier alpha value is -1.91. The van der Waals surface area contributed by atoms with Gasteiger partial charge in [-0.1, -0.05) is 19.3 Å². The van der Waals surface area contributed by atoms with E-state index in [0.717, 1.165) is 43.5 Å². The van der Waals surface area contributed by atoms with Gasteiger partial charge in [0, 0.05) is 19.2 Å². The van der Waals surface area contributed by atoms with E-state index in [9.17, 15) is 9.59 Å². The first-order chi connectivity index (χ1) is 10.1. The minimum Gasteiger partial charge on any atom is -0.342 e. The number of pyridine rings is 1. The van der Waals surface area contributed by atoms with Crippen molar-refractivity contribution < 1.29 is 9.59 Å². The molecule has 0 unspecified atom stereocenters. The highest BCUT2D eigenvalue weighted by Crippen LogP contribution is 2.33. The first-order valence-electron chi connectivity index (χ1n) is 7.67. The van der Waals surface area contributed by atoms with E-state index in [2.05, 4.69) is 10.3 Å². The fraction of sp³-hybridized carbons (Fsp3) is 0.562. The number of aryl methyl sites for hydroxylation is 1. The van der Waals surface area contributed by atoms with Crippen molar-refractivity contribution in [3.05, 3.63) is 24.0 Å². The number of rotatable bonds is 1. The van der Waals surface area contributed by atoms with Crippen LogP contribution < -0.4 is 10.2 Å². The average molecular weight is 287 g/mol. The van der Waals surface area contributed by atoms with Crippen LogP contribution in [0.1, 0.15) is 44.2 Å². The summed E-state index contributed by atoms with van der Waals surface area (Å²) in [4.78, 5) is 31.2. The Bertz CT molecular complexity index is 564. The Kier molecular flexibility index (Phi) is 3.66. The number of amides is 2. The lowest BCUT2D eigenvalue weighted by atomic mass is 9.80. The Morgan fingerprint density at radius 3 is 2.71 bits per heavy atom. The van der Waals surface area contributed by atoms with Gasteiger partial charge in [-0.2, -0.15) is 0 Å². The lowest BCUT2D eigenvalue weighted by Crippen LogP contribution is -2.58. The summed E-state index contributed by atoms with van der Waals surface area (Å²) in [6.07, 6.45) is 6.68. The highest BCUT2D eigenvalue weighted by atomic mass is 16.2. The van der Waals surface area contributed by atoms with Crippen LogP contribution in [0.2, 0.25) is 0 Å². The third kappa shape index (κ3) is 2.52. The summed E-state index contributed by atoms with van der Waals surface area (Å²) in [6.45, 7) is 2.33. The van der Waals surface area contributed by atoms with Crippen LogP contribution in [0.4, 0.5) is 5.69 Å². The van der Waals surface area contributed by atoms with Gasteiger partial charge in [-0.25, -0.2) is 0 Å². The summed E-state index contributed by atoms with van der Waals surface area (Å²) in [7, 11) is 0. The van der Waals surface area contributed by atoms with Gasteiger partial charge >= 0.3 is 0 Å². The Balaban J connectivity index is 1.99. The van der Waals surface area contributed by atoms with Crippen molar-refractivity contribution in [3.8, 4) is 0 Å². The van der Waals surface area contributed by atoms with Crippen molar-refractivity contribution in [3.63, 3.8) is 0 Å². The molecule has 0 aromatic carbocycles. The summed E-state index contributed by atoms with van der Waals surface area (Å²) in [5.74, 6) is 0.0124. The maximum Gasteiger partial charge on any atom is 0.252 e. The molecule has 5 heteroatoms. The molecule has 1 saturated heterocycles. The van der Waals surface area contributed by atoms with Crippen LogP contribution in [0, 0.1) is 6.92 Å². The molecule has 1 aromatic rings. The molecule has 1 aliphatic heterocycles. The smallest absolute Gasteiger partial charge is 0.252 e. The van der Waals surface area contributed by atoms with Crippen LogP contribution in [0.3, 0.4) is 0 Å². The lowest BCUT2D eigenvalue weighted by molar-refractivity contribution is -0.131. The van der Waals surface area contributed by atoms with Gasteiger partial charge in [0.25, 0.3) is 5.91 Å². The summed E-state index contributed by atoms with van der Waals surface area (Å²) in [5.41, 5.74) is 0.948. The second-order valence-electron chi connectivity index (χ2n) is 6.01. The molecular formula is C16H21N3O2. The van der Waals surface area contributed by atoms with Crippen LogP contribution in [-0.4, -0.2) is 28.9 Å². The molecule has 2 amide bonds. The maximum atomic E-state index is 13.1. The van der Waals surface area contributed by atoms with E-state index < -0.39 is 5.54 Å². The van der Waals surface area contributed by atoms with Crippen LogP contribution in [0.5, 0.6) is 0 Å². The molecule has 2 fully saturated rings. The number of aromatic nitrogens is 1. The molecule has 1 aromatic heterocycles. The second kappa shape index (κ2) is 5.47. The monoisotopic (exact) mass is 287 g/mol. The summed E-state index contributed by atoms with van der Waals surface area (Å²) >= 11 is 0. The van der Waals surface area contributed by atoms with Gasteiger partial charge in [0.15, 0.2) is 0 Å². The summed E-state index contributed by atoms with van der Waals surface area (Å²) < 4.78 is 0. The summed E-state index contributed by atoms with van der Waals surface area (Å²) in [5, 5.41) is 3.01. The zero-order chi connectivity index (χ0) is 14.9. The Morgan fingerprint density at radius 2 is 2.00 bits per heavy atom. The standard InChI is InChI=1S/C16H21N3O2/c1-12-13(6-5-10-17-12)19-11-7-14(20)18-16(15(19)21)8-3-2-4-9-16/h5-6,10H,2-4,7-9,11H2,1H3,(H,18,20). The fourth-order valence-electron chi connectivity index (χ4n) is 3.44. The van der Waals surface area contributed by atoms with Gasteiger partial charge in [0.1, 0.15) is 5.54 Å². The predicted octanol–water partition coefficient (Wildman–Crippen LogP) is 1.95. The zero-order valence-electron chi connectivity index (χ0n) is 12.4. The first-order valence-corrected chi connectivity index (χ1v) is 7.67. The molecule has 1 spiro atoms. The zero-order valence-corrected chi connectivity index (χ0v) is 12.4. The van der Waals surface area contributed by atoms with E-state index in [0.29, 0.717) is 13.0 Å². The molecule has 1 N–H and O–H groups in total. The predicted molar refractivity (Wildman–Crippen MR) is 79.9 cm³/mol. The van der Waals surface area contributed by atoms with E-state index in [1.165, 1.54) is 0 Å². The van der Waals surface area contributed by atoms with Crippen LogP contribution in [0.15, 0.2) is 18.3 Å². The number of nitrogens with one attached hydrogen (secondary N) is 1.